The number of halogens is 1. The molecule has 3 N–H and O–H groups in total. The summed E-state index contributed by atoms with van der Waals surface area (Å²) in [6.07, 6.45) is 2.34. The van der Waals surface area contributed by atoms with Gasteiger partial charge in [-0.05, 0) is 25.5 Å². The van der Waals surface area contributed by atoms with Crippen LogP contribution in [0, 0.1) is 0 Å². The van der Waals surface area contributed by atoms with Crippen LogP contribution in [0.2, 0.25) is 0 Å². The van der Waals surface area contributed by atoms with Crippen molar-refractivity contribution >= 4 is 45.7 Å². The number of carbonyl (C=O) groups is 1. The first-order chi connectivity index (χ1) is 11.5. The Labute approximate surface area is 165 Å². The van der Waals surface area contributed by atoms with Gasteiger partial charge in [-0.1, -0.05) is 0 Å². The van der Waals surface area contributed by atoms with Crippen molar-refractivity contribution in [1.29, 1.82) is 0 Å². The largest absolute Gasteiger partial charge is 0.467 e. The Hall–Kier alpha value is -1.30. The molecule has 1 unspecified atom stereocenters. The minimum Gasteiger partial charge on any atom is -0.467 e. The number of amides is 1. The zero-order valence-electron chi connectivity index (χ0n) is 14.2. The van der Waals surface area contributed by atoms with Crippen molar-refractivity contribution in [3.05, 3.63) is 24.2 Å². The summed E-state index contributed by atoms with van der Waals surface area (Å²) in [5, 5.41) is 8.92. The van der Waals surface area contributed by atoms with Gasteiger partial charge in [0, 0.05) is 25.6 Å². The average molecular weight is 484 g/mol. The molecule has 0 radical (unpaired) electrons. The topological polar surface area (TPSA) is 113 Å². The van der Waals surface area contributed by atoms with E-state index >= 15 is 0 Å². The van der Waals surface area contributed by atoms with Crippen LogP contribution in [0.15, 0.2) is 27.8 Å². The Bertz CT molecular complexity index is 661. The minimum absolute atomic E-state index is 0. The summed E-state index contributed by atoms with van der Waals surface area (Å²) in [7, 11) is -2.98. The second kappa shape index (κ2) is 10.6. The van der Waals surface area contributed by atoms with Crippen molar-refractivity contribution in [1.82, 2.24) is 16.0 Å². The molecule has 1 aromatic heterocycles. The number of hydrogen-bond donors (Lipinski definition) is 3. The zero-order valence-corrected chi connectivity index (χ0v) is 17.3. The summed E-state index contributed by atoms with van der Waals surface area (Å²) in [6.45, 7) is 3.48. The molecule has 1 aliphatic heterocycles. The first-order valence-electron chi connectivity index (χ1n) is 8.03. The molecule has 0 saturated carbocycles. The van der Waals surface area contributed by atoms with E-state index in [1.807, 2.05) is 13.0 Å². The Balaban J connectivity index is 0.00000312. The first-order valence-corrected chi connectivity index (χ1v) is 9.85. The van der Waals surface area contributed by atoms with Crippen LogP contribution < -0.4 is 16.0 Å². The van der Waals surface area contributed by atoms with Gasteiger partial charge in [0.15, 0.2) is 15.8 Å². The number of guanidine groups is 1. The number of hydrogen-bond acceptors (Lipinski definition) is 5. The highest BCUT2D eigenvalue weighted by Gasteiger charge is 2.28. The minimum atomic E-state index is -2.98. The third-order valence-electron chi connectivity index (χ3n) is 3.56. The van der Waals surface area contributed by atoms with Gasteiger partial charge in [0.2, 0.25) is 5.91 Å². The summed E-state index contributed by atoms with van der Waals surface area (Å²) in [6, 6.07) is 3.39. The zero-order chi connectivity index (χ0) is 17.4. The molecule has 0 aromatic carbocycles. The van der Waals surface area contributed by atoms with E-state index in [-0.39, 0.29) is 53.9 Å². The Kier molecular flexibility index (Phi) is 9.25. The van der Waals surface area contributed by atoms with Crippen LogP contribution >= 0.6 is 24.0 Å². The molecule has 2 rings (SSSR count). The molecule has 8 nitrogen and oxygen atoms in total. The SMILES string of the molecule is CCNC(=NCc1ccco1)NCCC(=O)NC1CCS(=O)(=O)C1.I. The van der Waals surface area contributed by atoms with E-state index in [2.05, 4.69) is 20.9 Å². The number of carbonyl (C=O) groups excluding carboxylic acids is 1. The molecule has 10 heteroatoms. The van der Waals surface area contributed by atoms with Crippen molar-refractivity contribution in [2.75, 3.05) is 24.6 Å². The number of aliphatic imine (C=N–C) groups is 1. The third-order valence-corrected chi connectivity index (χ3v) is 5.33. The molecule has 1 saturated heterocycles. The Morgan fingerprint density at radius 1 is 1.40 bits per heavy atom. The van der Waals surface area contributed by atoms with Crippen LogP contribution in [0.5, 0.6) is 0 Å². The van der Waals surface area contributed by atoms with Crippen LogP contribution in [0.3, 0.4) is 0 Å². The maximum atomic E-state index is 11.9. The molecule has 1 amide bonds. The highest BCUT2D eigenvalue weighted by Crippen LogP contribution is 2.11. The summed E-state index contributed by atoms with van der Waals surface area (Å²) in [5.74, 6) is 1.39. The lowest BCUT2D eigenvalue weighted by Crippen LogP contribution is -2.41. The van der Waals surface area contributed by atoms with E-state index in [0.717, 1.165) is 5.76 Å². The molecule has 1 aromatic rings. The molecule has 2 heterocycles. The maximum absolute atomic E-state index is 11.9. The predicted octanol–water partition coefficient (Wildman–Crippen LogP) is 0.646. The molecule has 0 bridgehead atoms. The number of sulfone groups is 1. The van der Waals surface area contributed by atoms with Gasteiger partial charge in [0.05, 0.1) is 17.8 Å². The Morgan fingerprint density at radius 3 is 2.80 bits per heavy atom. The van der Waals surface area contributed by atoms with E-state index in [9.17, 15) is 13.2 Å². The first kappa shape index (κ1) is 21.7. The maximum Gasteiger partial charge on any atom is 0.222 e. The van der Waals surface area contributed by atoms with E-state index in [0.29, 0.717) is 32.0 Å². The molecular weight excluding hydrogens is 459 g/mol. The van der Waals surface area contributed by atoms with Crippen LogP contribution in [-0.2, 0) is 21.2 Å². The lowest BCUT2D eigenvalue weighted by molar-refractivity contribution is -0.121. The fourth-order valence-corrected chi connectivity index (χ4v) is 4.08. The van der Waals surface area contributed by atoms with Crippen LogP contribution in [-0.4, -0.2) is 50.9 Å². The lowest BCUT2D eigenvalue weighted by atomic mass is 10.2. The summed E-state index contributed by atoms with van der Waals surface area (Å²) >= 11 is 0. The smallest absolute Gasteiger partial charge is 0.222 e. The summed E-state index contributed by atoms with van der Waals surface area (Å²) in [5.41, 5.74) is 0. The van der Waals surface area contributed by atoms with E-state index in [4.69, 9.17) is 4.42 Å². The molecule has 1 fully saturated rings. The number of rotatable bonds is 7. The van der Waals surface area contributed by atoms with Gasteiger partial charge in [-0.2, -0.15) is 0 Å². The fraction of sp³-hybridized carbons (Fsp3) is 0.600. The van der Waals surface area contributed by atoms with Crippen LogP contribution in [0.4, 0.5) is 0 Å². The third kappa shape index (κ3) is 8.08. The van der Waals surface area contributed by atoms with Gasteiger partial charge < -0.3 is 20.4 Å². The van der Waals surface area contributed by atoms with E-state index in [1.54, 1.807) is 12.3 Å². The standard InChI is InChI=1S/C15H24N4O4S.HI/c1-2-16-15(18-10-13-4-3-8-23-13)17-7-5-14(20)19-12-6-9-24(21,22)11-12;/h3-4,8,12H,2,5-7,9-11H2,1H3,(H,19,20)(H2,16,17,18);1H. The molecule has 0 spiro atoms. The fourth-order valence-electron chi connectivity index (χ4n) is 2.40. The molecular formula is C15H25IN4O4S. The van der Waals surface area contributed by atoms with Gasteiger partial charge in [-0.25, -0.2) is 13.4 Å². The Morgan fingerprint density at radius 2 is 2.20 bits per heavy atom. The molecule has 25 heavy (non-hydrogen) atoms. The second-order valence-corrected chi connectivity index (χ2v) is 7.85. The number of furan rings is 1. The van der Waals surface area contributed by atoms with E-state index in [1.165, 1.54) is 0 Å². The molecule has 1 aliphatic rings. The van der Waals surface area contributed by atoms with Crippen LogP contribution in [0.25, 0.3) is 0 Å². The van der Waals surface area contributed by atoms with Crippen molar-refractivity contribution in [2.24, 2.45) is 4.99 Å². The van der Waals surface area contributed by atoms with Crippen LogP contribution in [0.1, 0.15) is 25.5 Å². The highest BCUT2D eigenvalue weighted by atomic mass is 127. The quantitative estimate of drug-likeness (QED) is 0.298. The molecule has 0 aliphatic carbocycles. The van der Waals surface area contributed by atoms with Crippen molar-refractivity contribution in [2.45, 2.75) is 32.4 Å². The lowest BCUT2D eigenvalue weighted by Gasteiger charge is -2.13. The number of nitrogens with zero attached hydrogens (tertiary/aromatic N) is 1. The monoisotopic (exact) mass is 484 g/mol. The average Bonchev–Trinajstić information content (AvgIpc) is 3.14. The summed E-state index contributed by atoms with van der Waals surface area (Å²) < 4.78 is 28.0. The van der Waals surface area contributed by atoms with Crippen molar-refractivity contribution in [3.63, 3.8) is 0 Å². The summed E-state index contributed by atoms with van der Waals surface area (Å²) in [4.78, 5) is 16.2. The second-order valence-electron chi connectivity index (χ2n) is 5.62. The molecule has 142 valence electrons. The van der Waals surface area contributed by atoms with Gasteiger partial charge in [0.1, 0.15) is 12.3 Å². The van der Waals surface area contributed by atoms with Gasteiger partial charge in [-0.3, -0.25) is 4.79 Å². The number of nitrogens with one attached hydrogen (secondary N) is 3. The van der Waals surface area contributed by atoms with Gasteiger partial charge in [-0.15, -0.1) is 24.0 Å². The highest BCUT2D eigenvalue weighted by molar-refractivity contribution is 14.0. The van der Waals surface area contributed by atoms with Crippen molar-refractivity contribution in [3.8, 4) is 0 Å². The molecule has 1 atom stereocenters. The normalized spacial score (nSPS) is 19.1. The van der Waals surface area contributed by atoms with E-state index < -0.39 is 9.84 Å². The van der Waals surface area contributed by atoms with Gasteiger partial charge in [0.25, 0.3) is 0 Å². The predicted molar refractivity (Wildman–Crippen MR) is 107 cm³/mol. The van der Waals surface area contributed by atoms with Gasteiger partial charge >= 0.3 is 0 Å². The van der Waals surface area contributed by atoms with Crippen molar-refractivity contribution < 1.29 is 17.6 Å².